The fraction of sp³-hybridized carbons (Fsp3) is 0. The summed E-state index contributed by atoms with van der Waals surface area (Å²) in [6.45, 7) is 0. The number of rotatable bonds is 3. The molecule has 23 heavy (non-hydrogen) atoms. The molecule has 0 amide bonds. The SMILES string of the molecule is O=[N+]([O-])c1cc(C=Nc2ccc(Br)cn2)c([O-])c2ccccc12. The van der Waals surface area contributed by atoms with Gasteiger partial charge in [0, 0.05) is 23.0 Å². The number of nitro benzene ring substituents is 1. The van der Waals surface area contributed by atoms with E-state index >= 15 is 0 Å². The highest BCUT2D eigenvalue weighted by Crippen LogP contribution is 2.33. The van der Waals surface area contributed by atoms with E-state index in [4.69, 9.17) is 0 Å². The Bertz CT molecular complexity index is 924. The fourth-order valence-electron chi connectivity index (χ4n) is 2.18. The van der Waals surface area contributed by atoms with Crippen LogP contribution in [0.5, 0.6) is 5.75 Å². The van der Waals surface area contributed by atoms with Crippen molar-refractivity contribution in [2.75, 3.05) is 0 Å². The van der Waals surface area contributed by atoms with Crippen LogP contribution < -0.4 is 5.11 Å². The van der Waals surface area contributed by atoms with Crippen molar-refractivity contribution < 1.29 is 10.0 Å². The first-order valence-electron chi connectivity index (χ1n) is 6.59. The number of non-ortho nitro benzene ring substituents is 1. The van der Waals surface area contributed by atoms with Gasteiger partial charge in [-0.2, -0.15) is 0 Å². The van der Waals surface area contributed by atoms with Crippen LogP contribution in [0.15, 0.2) is 58.1 Å². The van der Waals surface area contributed by atoms with E-state index in [-0.39, 0.29) is 17.0 Å². The zero-order chi connectivity index (χ0) is 16.4. The van der Waals surface area contributed by atoms with Crippen molar-refractivity contribution in [3.63, 3.8) is 0 Å². The Balaban J connectivity index is 2.12. The summed E-state index contributed by atoms with van der Waals surface area (Å²) in [5.74, 6) is 0.107. The van der Waals surface area contributed by atoms with Gasteiger partial charge in [0.25, 0.3) is 5.69 Å². The van der Waals surface area contributed by atoms with Crippen LogP contribution in [0.4, 0.5) is 11.5 Å². The number of aromatic nitrogens is 1. The first-order valence-corrected chi connectivity index (χ1v) is 7.38. The quantitative estimate of drug-likeness (QED) is 0.398. The molecule has 0 saturated carbocycles. The van der Waals surface area contributed by atoms with Crippen molar-refractivity contribution in [1.29, 1.82) is 0 Å². The van der Waals surface area contributed by atoms with E-state index in [9.17, 15) is 15.2 Å². The van der Waals surface area contributed by atoms with Crippen LogP contribution in [0, 0.1) is 10.1 Å². The van der Waals surface area contributed by atoms with Crippen LogP contribution in [-0.4, -0.2) is 16.1 Å². The number of hydrogen-bond donors (Lipinski definition) is 0. The molecule has 0 bridgehead atoms. The van der Waals surface area contributed by atoms with Crippen LogP contribution in [0.3, 0.4) is 0 Å². The summed E-state index contributed by atoms with van der Waals surface area (Å²) >= 11 is 3.27. The van der Waals surface area contributed by atoms with Gasteiger partial charge in [-0.1, -0.05) is 23.9 Å². The fourth-order valence-corrected chi connectivity index (χ4v) is 2.41. The molecule has 0 N–H and O–H groups in total. The van der Waals surface area contributed by atoms with Crippen molar-refractivity contribution in [2.24, 2.45) is 4.99 Å². The normalized spacial score (nSPS) is 11.2. The number of halogens is 1. The number of nitro groups is 1. The Hall–Kier alpha value is -2.80. The van der Waals surface area contributed by atoms with E-state index in [1.165, 1.54) is 12.3 Å². The molecule has 1 heterocycles. The van der Waals surface area contributed by atoms with Crippen LogP contribution >= 0.6 is 15.9 Å². The number of pyridine rings is 1. The summed E-state index contributed by atoms with van der Waals surface area (Å²) in [6.07, 6.45) is 2.88. The number of aliphatic imine (C=N–C) groups is 1. The van der Waals surface area contributed by atoms with Gasteiger partial charge in [-0.05, 0) is 45.1 Å². The lowest BCUT2D eigenvalue weighted by molar-refractivity contribution is -0.383. The van der Waals surface area contributed by atoms with Gasteiger partial charge >= 0.3 is 0 Å². The number of nitrogens with zero attached hydrogens (tertiary/aromatic N) is 3. The zero-order valence-electron chi connectivity index (χ0n) is 11.6. The molecule has 0 aliphatic carbocycles. The van der Waals surface area contributed by atoms with Gasteiger partial charge in [-0.15, -0.1) is 0 Å². The molecule has 6 nitrogen and oxygen atoms in total. The highest BCUT2D eigenvalue weighted by Gasteiger charge is 2.14. The molecule has 0 unspecified atom stereocenters. The largest absolute Gasteiger partial charge is 0.872 e. The molecule has 3 aromatic rings. The van der Waals surface area contributed by atoms with E-state index in [0.29, 0.717) is 16.6 Å². The monoisotopic (exact) mass is 370 g/mol. The molecule has 0 saturated heterocycles. The lowest BCUT2D eigenvalue weighted by Gasteiger charge is -2.14. The Labute approximate surface area is 139 Å². The van der Waals surface area contributed by atoms with Crippen molar-refractivity contribution in [3.8, 4) is 5.75 Å². The van der Waals surface area contributed by atoms with Crippen LogP contribution in [0.25, 0.3) is 10.8 Å². The van der Waals surface area contributed by atoms with Crippen molar-refractivity contribution in [2.45, 2.75) is 0 Å². The van der Waals surface area contributed by atoms with Crippen molar-refractivity contribution >= 4 is 44.4 Å². The Morgan fingerprint density at radius 1 is 1.17 bits per heavy atom. The van der Waals surface area contributed by atoms with E-state index in [1.54, 1.807) is 42.6 Å². The van der Waals surface area contributed by atoms with Crippen molar-refractivity contribution in [1.82, 2.24) is 4.98 Å². The zero-order valence-corrected chi connectivity index (χ0v) is 13.2. The van der Waals surface area contributed by atoms with Crippen LogP contribution in [-0.2, 0) is 0 Å². The summed E-state index contributed by atoms with van der Waals surface area (Å²) < 4.78 is 0.808. The number of benzene rings is 2. The molecule has 0 radical (unpaired) electrons. The number of fused-ring (bicyclic) bond motifs is 1. The summed E-state index contributed by atoms with van der Waals surface area (Å²) in [7, 11) is 0. The van der Waals surface area contributed by atoms with Gasteiger partial charge in [0.1, 0.15) is 0 Å². The highest BCUT2D eigenvalue weighted by atomic mass is 79.9. The third-order valence-electron chi connectivity index (χ3n) is 3.25. The molecule has 7 heteroatoms. The summed E-state index contributed by atoms with van der Waals surface area (Å²) in [5.41, 5.74) is 0.0329. The van der Waals surface area contributed by atoms with Gasteiger partial charge in [0.05, 0.1) is 10.3 Å². The van der Waals surface area contributed by atoms with E-state index in [0.717, 1.165) is 4.47 Å². The Kier molecular flexibility index (Phi) is 4.03. The third kappa shape index (κ3) is 3.04. The van der Waals surface area contributed by atoms with E-state index in [2.05, 4.69) is 25.9 Å². The average molecular weight is 371 g/mol. The molecular weight excluding hydrogens is 362 g/mol. The van der Waals surface area contributed by atoms with E-state index in [1.807, 2.05) is 0 Å². The van der Waals surface area contributed by atoms with Gasteiger partial charge in [-0.3, -0.25) is 10.1 Å². The summed E-state index contributed by atoms with van der Waals surface area (Å²) in [5, 5.41) is 24.3. The predicted molar refractivity (Wildman–Crippen MR) is 89.2 cm³/mol. The molecule has 114 valence electrons. The predicted octanol–water partition coefficient (Wildman–Crippen LogP) is 3.73. The molecule has 0 fully saturated rings. The van der Waals surface area contributed by atoms with Crippen molar-refractivity contribution in [3.05, 3.63) is 68.8 Å². The number of hydrogen-bond acceptors (Lipinski definition) is 5. The lowest BCUT2D eigenvalue weighted by atomic mass is 10.0. The standard InChI is InChI=1S/C16H10BrN3O3/c17-11-5-6-15(19-9-11)18-8-10-7-14(20(22)23)12-3-1-2-4-13(12)16(10)21/h1-9,21H/p-1. The molecule has 0 spiro atoms. The third-order valence-corrected chi connectivity index (χ3v) is 3.72. The second kappa shape index (κ2) is 6.13. The first-order chi connectivity index (χ1) is 11.1. The van der Waals surface area contributed by atoms with Gasteiger partial charge in [0.2, 0.25) is 0 Å². The van der Waals surface area contributed by atoms with Gasteiger partial charge in [0.15, 0.2) is 5.82 Å². The molecule has 0 aliphatic rings. The Morgan fingerprint density at radius 2 is 1.91 bits per heavy atom. The molecule has 1 aromatic heterocycles. The summed E-state index contributed by atoms with van der Waals surface area (Å²) in [6, 6.07) is 11.1. The minimum atomic E-state index is -0.503. The topological polar surface area (TPSA) is 91.5 Å². The maximum Gasteiger partial charge on any atom is 0.277 e. The molecule has 0 aliphatic heterocycles. The smallest absolute Gasteiger partial charge is 0.277 e. The maximum atomic E-state index is 12.4. The van der Waals surface area contributed by atoms with Crippen LogP contribution in [0.2, 0.25) is 0 Å². The van der Waals surface area contributed by atoms with E-state index < -0.39 is 4.92 Å². The molecule has 2 aromatic carbocycles. The minimum absolute atomic E-state index is 0.120. The van der Waals surface area contributed by atoms with Crippen LogP contribution in [0.1, 0.15) is 5.56 Å². The molecule has 3 rings (SSSR count). The Morgan fingerprint density at radius 3 is 2.57 bits per heavy atom. The summed E-state index contributed by atoms with van der Waals surface area (Å²) in [4.78, 5) is 18.9. The van der Waals surface area contributed by atoms with Gasteiger partial charge in [-0.25, -0.2) is 9.98 Å². The minimum Gasteiger partial charge on any atom is -0.872 e. The molecule has 0 atom stereocenters. The second-order valence-electron chi connectivity index (χ2n) is 4.71. The first kappa shape index (κ1) is 15.1. The highest BCUT2D eigenvalue weighted by molar-refractivity contribution is 9.10. The molecular formula is C16H9BrN3O3-. The second-order valence-corrected chi connectivity index (χ2v) is 5.63. The van der Waals surface area contributed by atoms with Gasteiger partial charge < -0.3 is 5.11 Å². The maximum absolute atomic E-state index is 12.4. The average Bonchev–Trinajstić information content (AvgIpc) is 2.55. The lowest BCUT2D eigenvalue weighted by Crippen LogP contribution is -2.00.